The Bertz CT molecular complexity index is 705. The maximum atomic E-state index is 6.06. The van der Waals surface area contributed by atoms with Gasteiger partial charge in [0.1, 0.15) is 0 Å². The molecule has 0 radical (unpaired) electrons. The van der Waals surface area contributed by atoms with Crippen molar-refractivity contribution in [1.29, 1.82) is 0 Å². The van der Waals surface area contributed by atoms with Crippen LogP contribution in [0.4, 0.5) is 0 Å². The average Bonchev–Trinajstić information content (AvgIpc) is 2.71. The van der Waals surface area contributed by atoms with E-state index in [2.05, 4.69) is 25.9 Å². The Kier molecular flexibility index (Phi) is 2.16. The maximum Gasteiger partial charge on any atom is 0.175 e. The van der Waals surface area contributed by atoms with Gasteiger partial charge in [0.05, 0.1) is 11.0 Å². The lowest BCUT2D eigenvalue weighted by Gasteiger charge is -2.05. The van der Waals surface area contributed by atoms with Crippen LogP contribution in [0, 0.1) is 6.92 Å². The van der Waals surface area contributed by atoms with Crippen molar-refractivity contribution in [3.05, 3.63) is 39.7 Å². The molecule has 0 N–H and O–H groups in total. The molecule has 0 atom stereocenters. The number of benzene rings is 1. The molecule has 0 amide bonds. The van der Waals surface area contributed by atoms with Gasteiger partial charge in [0, 0.05) is 16.9 Å². The van der Waals surface area contributed by atoms with Crippen LogP contribution in [0.3, 0.4) is 0 Å². The van der Waals surface area contributed by atoms with Crippen LogP contribution in [-0.4, -0.2) is 14.4 Å². The highest BCUT2D eigenvalue weighted by molar-refractivity contribution is 9.10. The van der Waals surface area contributed by atoms with Crippen LogP contribution in [0.25, 0.3) is 16.7 Å². The van der Waals surface area contributed by atoms with Gasteiger partial charge in [-0.15, -0.1) is 0 Å². The van der Waals surface area contributed by atoms with E-state index in [0.29, 0.717) is 10.8 Å². The van der Waals surface area contributed by atoms with E-state index in [-0.39, 0.29) is 0 Å². The lowest BCUT2D eigenvalue weighted by molar-refractivity contribution is 1.20. The number of imidazole rings is 1. The first kappa shape index (κ1) is 10.1. The Morgan fingerprint density at radius 2 is 2.19 bits per heavy atom. The molecule has 2 heterocycles. The van der Waals surface area contributed by atoms with E-state index in [9.17, 15) is 0 Å². The number of fused-ring (bicyclic) bond motifs is 3. The molecule has 0 aliphatic heterocycles. The molecule has 5 heteroatoms. The molecule has 1 aromatic carbocycles. The van der Waals surface area contributed by atoms with E-state index in [1.807, 2.05) is 29.7 Å². The van der Waals surface area contributed by atoms with Gasteiger partial charge in [-0.05, 0) is 24.6 Å². The highest BCUT2D eigenvalue weighted by Crippen LogP contribution is 2.26. The SMILES string of the molecule is Cc1cc2nc(Cl)c3nccn3c2cc1Br. The number of rotatable bonds is 0. The molecule has 2 aromatic heterocycles. The highest BCUT2D eigenvalue weighted by atomic mass is 79.9. The van der Waals surface area contributed by atoms with Crippen molar-refractivity contribution < 1.29 is 0 Å². The van der Waals surface area contributed by atoms with Crippen molar-refractivity contribution >= 4 is 44.2 Å². The molecule has 0 bridgehead atoms. The molecule has 0 aliphatic carbocycles. The van der Waals surface area contributed by atoms with Crippen LogP contribution >= 0.6 is 27.5 Å². The van der Waals surface area contributed by atoms with Gasteiger partial charge in [-0.3, -0.25) is 4.40 Å². The summed E-state index contributed by atoms with van der Waals surface area (Å²) in [5.74, 6) is 0. The van der Waals surface area contributed by atoms with Crippen molar-refractivity contribution in [2.75, 3.05) is 0 Å². The van der Waals surface area contributed by atoms with Crippen molar-refractivity contribution in [3.8, 4) is 0 Å². The number of hydrogen-bond acceptors (Lipinski definition) is 2. The molecule has 3 aromatic rings. The minimum Gasteiger partial charge on any atom is -0.296 e. The number of aromatic nitrogens is 3. The Morgan fingerprint density at radius 1 is 1.38 bits per heavy atom. The second-order valence-corrected chi connectivity index (χ2v) is 4.83. The average molecular weight is 297 g/mol. The van der Waals surface area contributed by atoms with Gasteiger partial charge in [-0.1, -0.05) is 27.5 Å². The summed E-state index contributed by atoms with van der Waals surface area (Å²) >= 11 is 9.58. The van der Waals surface area contributed by atoms with Crippen LogP contribution in [0.1, 0.15) is 5.56 Å². The van der Waals surface area contributed by atoms with Gasteiger partial charge in [0.25, 0.3) is 0 Å². The first-order chi connectivity index (χ1) is 7.66. The molecule has 0 saturated heterocycles. The molecular weight excluding hydrogens is 289 g/mol. The fourth-order valence-corrected chi connectivity index (χ4v) is 2.31. The van der Waals surface area contributed by atoms with Crippen LogP contribution in [0.5, 0.6) is 0 Å². The molecule has 0 aliphatic rings. The van der Waals surface area contributed by atoms with Gasteiger partial charge in [-0.25, -0.2) is 9.97 Å². The number of hydrogen-bond donors (Lipinski definition) is 0. The van der Waals surface area contributed by atoms with Crippen molar-refractivity contribution in [1.82, 2.24) is 14.4 Å². The fraction of sp³-hybridized carbons (Fsp3) is 0.0909. The topological polar surface area (TPSA) is 30.2 Å². The molecule has 0 fully saturated rings. The standard InChI is InChI=1S/C11H7BrClN3/c1-6-4-8-9(5-7(6)12)16-3-2-14-11(16)10(13)15-8/h2-5H,1H3. The van der Waals surface area contributed by atoms with E-state index in [4.69, 9.17) is 11.6 Å². The van der Waals surface area contributed by atoms with E-state index in [1.54, 1.807) is 6.20 Å². The molecule has 0 spiro atoms. The van der Waals surface area contributed by atoms with Crippen LogP contribution in [-0.2, 0) is 0 Å². The molecule has 3 rings (SSSR count). The van der Waals surface area contributed by atoms with E-state index < -0.39 is 0 Å². The van der Waals surface area contributed by atoms with Crippen molar-refractivity contribution in [3.63, 3.8) is 0 Å². The normalized spacial score (nSPS) is 11.4. The lowest BCUT2D eigenvalue weighted by atomic mass is 10.2. The first-order valence-electron chi connectivity index (χ1n) is 4.75. The van der Waals surface area contributed by atoms with E-state index in [0.717, 1.165) is 21.1 Å². The fourth-order valence-electron chi connectivity index (χ4n) is 1.74. The third-order valence-electron chi connectivity index (χ3n) is 2.56. The number of nitrogens with zero attached hydrogens (tertiary/aromatic N) is 3. The van der Waals surface area contributed by atoms with Gasteiger partial charge in [-0.2, -0.15) is 0 Å². The summed E-state index contributed by atoms with van der Waals surface area (Å²) in [5.41, 5.74) is 3.69. The Labute approximate surface area is 105 Å². The van der Waals surface area contributed by atoms with Gasteiger partial charge < -0.3 is 0 Å². The summed E-state index contributed by atoms with van der Waals surface area (Å²) in [5, 5.41) is 0.430. The third kappa shape index (κ3) is 1.33. The molecule has 3 nitrogen and oxygen atoms in total. The molecular formula is C11H7BrClN3. The summed E-state index contributed by atoms with van der Waals surface area (Å²) in [7, 11) is 0. The summed E-state index contributed by atoms with van der Waals surface area (Å²) in [6.45, 7) is 2.03. The summed E-state index contributed by atoms with van der Waals surface area (Å²) in [6.07, 6.45) is 3.60. The van der Waals surface area contributed by atoms with Gasteiger partial charge in [0.15, 0.2) is 10.8 Å². The zero-order valence-electron chi connectivity index (χ0n) is 8.41. The number of halogens is 2. The van der Waals surface area contributed by atoms with E-state index in [1.165, 1.54) is 0 Å². The Balaban J connectivity index is 2.59. The third-order valence-corrected chi connectivity index (χ3v) is 3.67. The molecule has 16 heavy (non-hydrogen) atoms. The predicted molar refractivity (Wildman–Crippen MR) is 67.9 cm³/mol. The first-order valence-corrected chi connectivity index (χ1v) is 5.92. The van der Waals surface area contributed by atoms with Gasteiger partial charge >= 0.3 is 0 Å². The van der Waals surface area contributed by atoms with Crippen molar-refractivity contribution in [2.45, 2.75) is 6.92 Å². The minimum atomic E-state index is 0.430. The molecule has 80 valence electrons. The predicted octanol–water partition coefficient (Wildman–Crippen LogP) is 3.61. The van der Waals surface area contributed by atoms with Crippen LogP contribution in [0.2, 0.25) is 5.15 Å². The maximum absolute atomic E-state index is 6.06. The zero-order chi connectivity index (χ0) is 11.3. The second-order valence-electron chi connectivity index (χ2n) is 3.61. The number of aryl methyl sites for hydroxylation is 1. The summed E-state index contributed by atoms with van der Waals surface area (Å²) in [6, 6.07) is 4.04. The van der Waals surface area contributed by atoms with E-state index >= 15 is 0 Å². The summed E-state index contributed by atoms with van der Waals surface area (Å²) < 4.78 is 2.99. The smallest absolute Gasteiger partial charge is 0.175 e. The largest absolute Gasteiger partial charge is 0.296 e. The highest BCUT2D eigenvalue weighted by Gasteiger charge is 2.08. The quantitative estimate of drug-likeness (QED) is 0.634. The Hall–Kier alpha value is -1.13. The van der Waals surface area contributed by atoms with Crippen LogP contribution < -0.4 is 0 Å². The van der Waals surface area contributed by atoms with Crippen molar-refractivity contribution in [2.24, 2.45) is 0 Å². The monoisotopic (exact) mass is 295 g/mol. The lowest BCUT2D eigenvalue weighted by Crippen LogP contribution is -1.93. The van der Waals surface area contributed by atoms with Crippen LogP contribution in [0.15, 0.2) is 29.0 Å². The summed E-state index contributed by atoms with van der Waals surface area (Å²) in [4.78, 5) is 8.51. The minimum absolute atomic E-state index is 0.430. The zero-order valence-corrected chi connectivity index (χ0v) is 10.7. The molecule has 0 unspecified atom stereocenters. The Morgan fingerprint density at radius 3 is 3.00 bits per heavy atom. The van der Waals surface area contributed by atoms with Gasteiger partial charge in [0.2, 0.25) is 0 Å². The molecule has 0 saturated carbocycles. The second kappa shape index (κ2) is 3.43.